The predicted molar refractivity (Wildman–Crippen MR) is 79.5 cm³/mol. The quantitative estimate of drug-likeness (QED) is 0.662. The molecule has 118 valence electrons. The van der Waals surface area contributed by atoms with Crippen molar-refractivity contribution in [2.24, 2.45) is 11.7 Å². The number of hydrogen-bond acceptors (Lipinski definition) is 4. The molecule has 5 heteroatoms. The standard InChI is InChI=1S/C15H30N2O3/c1-4-13-5-7-15(11-16,8-6-13)20-12(2)14(18)17-9-10-19-3/h12-13H,4-11,16H2,1-3H3,(H,17,18). The van der Waals surface area contributed by atoms with E-state index >= 15 is 0 Å². The second-order valence-electron chi connectivity index (χ2n) is 5.78. The van der Waals surface area contributed by atoms with Crippen molar-refractivity contribution in [3.63, 3.8) is 0 Å². The Bertz CT molecular complexity index is 289. The van der Waals surface area contributed by atoms with E-state index in [1.165, 1.54) is 6.42 Å². The summed E-state index contributed by atoms with van der Waals surface area (Å²) in [5.41, 5.74) is 5.60. The molecule has 0 aromatic heterocycles. The van der Waals surface area contributed by atoms with Gasteiger partial charge < -0.3 is 20.5 Å². The second-order valence-corrected chi connectivity index (χ2v) is 5.78. The number of carbonyl (C=O) groups excluding carboxylic acids is 1. The first-order valence-corrected chi connectivity index (χ1v) is 7.71. The molecule has 3 N–H and O–H groups in total. The Hall–Kier alpha value is -0.650. The number of rotatable bonds is 8. The highest BCUT2D eigenvalue weighted by Crippen LogP contribution is 2.36. The van der Waals surface area contributed by atoms with Gasteiger partial charge in [0.15, 0.2) is 0 Å². The van der Waals surface area contributed by atoms with E-state index in [-0.39, 0.29) is 11.5 Å². The Balaban J connectivity index is 2.45. The van der Waals surface area contributed by atoms with Crippen LogP contribution in [0.5, 0.6) is 0 Å². The van der Waals surface area contributed by atoms with Crippen LogP contribution in [0.15, 0.2) is 0 Å². The lowest BCUT2D eigenvalue weighted by molar-refractivity contribution is -0.150. The topological polar surface area (TPSA) is 73.6 Å². The molecular weight excluding hydrogens is 256 g/mol. The molecule has 0 aromatic rings. The van der Waals surface area contributed by atoms with E-state index < -0.39 is 6.10 Å². The Morgan fingerprint density at radius 3 is 2.60 bits per heavy atom. The van der Waals surface area contributed by atoms with Gasteiger partial charge in [-0.15, -0.1) is 0 Å². The minimum absolute atomic E-state index is 0.0903. The summed E-state index contributed by atoms with van der Waals surface area (Å²) in [5.74, 6) is 0.691. The Morgan fingerprint density at radius 2 is 2.10 bits per heavy atom. The van der Waals surface area contributed by atoms with Crippen molar-refractivity contribution in [3.05, 3.63) is 0 Å². The number of ether oxygens (including phenoxy) is 2. The molecule has 1 unspecified atom stereocenters. The maximum absolute atomic E-state index is 11.9. The number of carbonyl (C=O) groups is 1. The van der Waals surface area contributed by atoms with Gasteiger partial charge in [0.25, 0.3) is 0 Å². The molecule has 0 heterocycles. The Kier molecular flexibility index (Phi) is 7.48. The zero-order valence-corrected chi connectivity index (χ0v) is 13.1. The number of methoxy groups -OCH3 is 1. The van der Waals surface area contributed by atoms with Crippen molar-refractivity contribution in [3.8, 4) is 0 Å². The molecule has 0 aromatic carbocycles. The summed E-state index contributed by atoms with van der Waals surface area (Å²) in [5, 5.41) is 2.80. The van der Waals surface area contributed by atoms with Crippen molar-refractivity contribution in [1.29, 1.82) is 0 Å². The summed E-state index contributed by atoms with van der Waals surface area (Å²) in [6.45, 7) is 5.53. The van der Waals surface area contributed by atoms with E-state index in [2.05, 4.69) is 12.2 Å². The predicted octanol–water partition coefficient (Wildman–Crippen LogP) is 1.45. The van der Waals surface area contributed by atoms with Gasteiger partial charge in [0.2, 0.25) is 5.91 Å². The minimum Gasteiger partial charge on any atom is -0.383 e. The van der Waals surface area contributed by atoms with Gasteiger partial charge in [0.05, 0.1) is 12.2 Å². The SMILES string of the molecule is CCC1CCC(CN)(OC(C)C(=O)NCCOC)CC1. The lowest BCUT2D eigenvalue weighted by atomic mass is 9.77. The van der Waals surface area contributed by atoms with Gasteiger partial charge in [-0.2, -0.15) is 0 Å². The smallest absolute Gasteiger partial charge is 0.248 e. The van der Waals surface area contributed by atoms with Crippen LogP contribution in [0.25, 0.3) is 0 Å². The highest BCUT2D eigenvalue weighted by Gasteiger charge is 2.37. The fraction of sp³-hybridized carbons (Fsp3) is 0.933. The highest BCUT2D eigenvalue weighted by atomic mass is 16.5. The van der Waals surface area contributed by atoms with Crippen LogP contribution in [0.3, 0.4) is 0 Å². The number of amides is 1. The molecule has 20 heavy (non-hydrogen) atoms. The van der Waals surface area contributed by atoms with Gasteiger partial charge in [-0.25, -0.2) is 0 Å². The largest absolute Gasteiger partial charge is 0.383 e. The van der Waals surface area contributed by atoms with Crippen molar-refractivity contribution in [2.45, 2.75) is 57.7 Å². The highest BCUT2D eigenvalue weighted by molar-refractivity contribution is 5.80. The van der Waals surface area contributed by atoms with E-state index in [0.29, 0.717) is 19.7 Å². The van der Waals surface area contributed by atoms with Crippen molar-refractivity contribution < 1.29 is 14.3 Å². The van der Waals surface area contributed by atoms with Crippen LogP contribution in [-0.2, 0) is 14.3 Å². The average Bonchev–Trinajstić information content (AvgIpc) is 2.48. The molecule has 0 bridgehead atoms. The van der Waals surface area contributed by atoms with E-state index in [0.717, 1.165) is 31.6 Å². The van der Waals surface area contributed by atoms with E-state index in [4.69, 9.17) is 15.2 Å². The molecule has 0 saturated heterocycles. The monoisotopic (exact) mass is 286 g/mol. The van der Waals surface area contributed by atoms with Crippen LogP contribution in [0, 0.1) is 5.92 Å². The maximum atomic E-state index is 11.9. The summed E-state index contributed by atoms with van der Waals surface area (Å²) in [6, 6.07) is 0. The van der Waals surface area contributed by atoms with Crippen LogP contribution in [0.4, 0.5) is 0 Å². The van der Waals surface area contributed by atoms with Crippen molar-refractivity contribution in [1.82, 2.24) is 5.32 Å². The van der Waals surface area contributed by atoms with Crippen LogP contribution < -0.4 is 11.1 Å². The molecule has 1 atom stereocenters. The third-order valence-corrected chi connectivity index (χ3v) is 4.37. The third-order valence-electron chi connectivity index (χ3n) is 4.37. The molecule has 1 amide bonds. The first-order valence-electron chi connectivity index (χ1n) is 7.71. The van der Waals surface area contributed by atoms with Gasteiger partial charge in [-0.3, -0.25) is 4.79 Å². The summed E-state index contributed by atoms with van der Waals surface area (Å²) < 4.78 is 10.9. The number of nitrogens with two attached hydrogens (primary N) is 1. The summed E-state index contributed by atoms with van der Waals surface area (Å²) >= 11 is 0. The number of hydrogen-bond donors (Lipinski definition) is 2. The molecular formula is C15H30N2O3. The van der Waals surface area contributed by atoms with Crippen LogP contribution >= 0.6 is 0 Å². The molecule has 0 aliphatic heterocycles. The van der Waals surface area contributed by atoms with Gasteiger partial charge >= 0.3 is 0 Å². The van der Waals surface area contributed by atoms with E-state index in [1.807, 2.05) is 0 Å². The van der Waals surface area contributed by atoms with Crippen LogP contribution in [0.2, 0.25) is 0 Å². The summed E-state index contributed by atoms with van der Waals surface area (Å²) in [6.07, 6.45) is 4.95. The molecule has 1 fully saturated rings. The Labute approximate surface area is 122 Å². The average molecular weight is 286 g/mol. The number of nitrogens with one attached hydrogen (secondary N) is 1. The van der Waals surface area contributed by atoms with Crippen molar-refractivity contribution >= 4 is 5.91 Å². The van der Waals surface area contributed by atoms with Crippen molar-refractivity contribution in [2.75, 3.05) is 26.8 Å². The normalized spacial score (nSPS) is 28.1. The van der Waals surface area contributed by atoms with Gasteiger partial charge in [0.1, 0.15) is 6.10 Å². The first-order chi connectivity index (χ1) is 9.56. The summed E-state index contributed by atoms with van der Waals surface area (Å²) in [7, 11) is 1.61. The van der Waals surface area contributed by atoms with Gasteiger partial charge in [-0.1, -0.05) is 13.3 Å². The molecule has 1 aliphatic rings. The summed E-state index contributed by atoms with van der Waals surface area (Å²) in [4.78, 5) is 11.9. The van der Waals surface area contributed by atoms with E-state index in [9.17, 15) is 4.79 Å². The zero-order chi connectivity index (χ0) is 15.0. The molecule has 5 nitrogen and oxygen atoms in total. The van der Waals surface area contributed by atoms with Crippen LogP contribution in [-0.4, -0.2) is 44.4 Å². The second kappa shape index (κ2) is 8.60. The molecule has 0 radical (unpaired) electrons. The zero-order valence-electron chi connectivity index (χ0n) is 13.1. The van der Waals surface area contributed by atoms with Gasteiger partial charge in [0, 0.05) is 20.2 Å². The lowest BCUT2D eigenvalue weighted by Crippen LogP contribution is -2.49. The first kappa shape index (κ1) is 17.4. The lowest BCUT2D eigenvalue weighted by Gasteiger charge is -2.40. The molecule has 1 saturated carbocycles. The van der Waals surface area contributed by atoms with Gasteiger partial charge in [-0.05, 0) is 38.5 Å². The fourth-order valence-electron chi connectivity index (χ4n) is 2.83. The minimum atomic E-state index is -0.464. The fourth-order valence-corrected chi connectivity index (χ4v) is 2.83. The third kappa shape index (κ3) is 5.04. The Morgan fingerprint density at radius 1 is 1.45 bits per heavy atom. The van der Waals surface area contributed by atoms with E-state index in [1.54, 1.807) is 14.0 Å². The molecule has 1 rings (SSSR count). The molecule has 1 aliphatic carbocycles. The van der Waals surface area contributed by atoms with Crippen LogP contribution in [0.1, 0.15) is 46.0 Å². The maximum Gasteiger partial charge on any atom is 0.248 e. The molecule has 0 spiro atoms.